The standard InChI is InChI=1S/C22H25N3O4/c1-16-5-4-6-17(11-16)13-24-9-10-25(22(24)27)14-21(26)23-12-18-15-28-19-7-2-3-8-20(19)29-18/h2-8,11,18H,9-10,12-15H2,1H3,(H,23,26)/t18-/m1/s1. The van der Waals surface area contributed by atoms with Crippen LogP contribution in [0.4, 0.5) is 4.79 Å². The first kappa shape index (κ1) is 19.1. The number of rotatable bonds is 6. The lowest BCUT2D eigenvalue weighted by atomic mass is 10.1. The van der Waals surface area contributed by atoms with Crippen molar-refractivity contribution in [2.45, 2.75) is 19.6 Å². The van der Waals surface area contributed by atoms with Gasteiger partial charge in [-0.2, -0.15) is 0 Å². The van der Waals surface area contributed by atoms with Crippen LogP contribution in [0.25, 0.3) is 0 Å². The molecule has 2 aliphatic rings. The maximum Gasteiger partial charge on any atom is 0.320 e. The van der Waals surface area contributed by atoms with Gasteiger partial charge in [-0.05, 0) is 24.6 Å². The minimum absolute atomic E-state index is 0.0489. The maximum atomic E-state index is 12.6. The highest BCUT2D eigenvalue weighted by Crippen LogP contribution is 2.30. The van der Waals surface area contributed by atoms with E-state index in [0.29, 0.717) is 44.3 Å². The number of urea groups is 1. The number of aryl methyl sites for hydroxylation is 1. The van der Waals surface area contributed by atoms with E-state index >= 15 is 0 Å². The lowest BCUT2D eigenvalue weighted by Gasteiger charge is -2.26. The van der Waals surface area contributed by atoms with E-state index in [1.54, 1.807) is 9.80 Å². The molecule has 0 aliphatic carbocycles. The Kier molecular flexibility index (Phi) is 5.55. The minimum Gasteiger partial charge on any atom is -0.486 e. The molecule has 152 valence electrons. The molecule has 0 radical (unpaired) electrons. The average Bonchev–Trinajstić information content (AvgIpc) is 3.05. The van der Waals surface area contributed by atoms with Gasteiger partial charge in [0.15, 0.2) is 11.5 Å². The molecular formula is C22H25N3O4. The molecule has 29 heavy (non-hydrogen) atoms. The number of amides is 3. The van der Waals surface area contributed by atoms with Gasteiger partial charge in [0.2, 0.25) is 5.91 Å². The fraction of sp³-hybridized carbons (Fsp3) is 0.364. The van der Waals surface area contributed by atoms with Crippen molar-refractivity contribution in [2.24, 2.45) is 0 Å². The van der Waals surface area contributed by atoms with Crippen LogP contribution in [0.2, 0.25) is 0 Å². The molecule has 1 saturated heterocycles. The number of ether oxygens (including phenoxy) is 2. The third kappa shape index (κ3) is 4.62. The Labute approximate surface area is 170 Å². The number of carbonyl (C=O) groups excluding carboxylic acids is 2. The summed E-state index contributed by atoms with van der Waals surface area (Å²) in [6.45, 7) is 4.53. The van der Waals surface area contributed by atoms with E-state index < -0.39 is 0 Å². The lowest BCUT2D eigenvalue weighted by Crippen LogP contribution is -2.45. The van der Waals surface area contributed by atoms with E-state index in [-0.39, 0.29) is 24.6 Å². The molecule has 2 aliphatic heterocycles. The molecule has 2 aromatic carbocycles. The highest BCUT2D eigenvalue weighted by Gasteiger charge is 2.30. The van der Waals surface area contributed by atoms with E-state index in [2.05, 4.69) is 11.4 Å². The Morgan fingerprint density at radius 1 is 1.10 bits per heavy atom. The van der Waals surface area contributed by atoms with Crippen molar-refractivity contribution in [3.8, 4) is 11.5 Å². The molecule has 1 N–H and O–H groups in total. The van der Waals surface area contributed by atoms with Gasteiger partial charge in [-0.15, -0.1) is 0 Å². The number of nitrogens with zero attached hydrogens (tertiary/aromatic N) is 2. The molecule has 0 unspecified atom stereocenters. The van der Waals surface area contributed by atoms with Crippen LogP contribution in [0.1, 0.15) is 11.1 Å². The second kappa shape index (κ2) is 8.43. The van der Waals surface area contributed by atoms with E-state index in [0.717, 1.165) is 5.56 Å². The van der Waals surface area contributed by atoms with Gasteiger partial charge in [-0.1, -0.05) is 42.0 Å². The average molecular weight is 395 g/mol. The summed E-state index contributed by atoms with van der Waals surface area (Å²) in [5, 5.41) is 2.85. The molecule has 0 bridgehead atoms. The SMILES string of the molecule is Cc1cccc(CN2CCN(CC(=O)NC[C@@H]3COc4ccccc4O3)C2=O)c1. The first-order valence-electron chi connectivity index (χ1n) is 9.83. The summed E-state index contributed by atoms with van der Waals surface area (Å²) in [6.07, 6.45) is -0.249. The molecule has 4 rings (SSSR count). The van der Waals surface area contributed by atoms with E-state index in [9.17, 15) is 9.59 Å². The van der Waals surface area contributed by atoms with Crippen LogP contribution in [0.15, 0.2) is 48.5 Å². The molecule has 3 amide bonds. The number of hydrogen-bond acceptors (Lipinski definition) is 4. The third-order valence-electron chi connectivity index (χ3n) is 5.07. The third-order valence-corrected chi connectivity index (χ3v) is 5.07. The van der Waals surface area contributed by atoms with Gasteiger partial charge < -0.3 is 24.6 Å². The number of carbonyl (C=O) groups is 2. The topological polar surface area (TPSA) is 71.1 Å². The van der Waals surface area contributed by atoms with Crippen LogP contribution >= 0.6 is 0 Å². The monoisotopic (exact) mass is 395 g/mol. The highest BCUT2D eigenvalue weighted by molar-refractivity contribution is 5.85. The van der Waals surface area contributed by atoms with Crippen LogP contribution in [0.3, 0.4) is 0 Å². The van der Waals surface area contributed by atoms with Gasteiger partial charge in [0.05, 0.1) is 6.54 Å². The molecule has 7 heteroatoms. The van der Waals surface area contributed by atoms with E-state index in [1.807, 2.05) is 49.4 Å². The zero-order valence-electron chi connectivity index (χ0n) is 16.5. The second-order valence-electron chi connectivity index (χ2n) is 7.42. The fourth-order valence-electron chi connectivity index (χ4n) is 3.58. The van der Waals surface area contributed by atoms with Crippen LogP contribution in [0.5, 0.6) is 11.5 Å². The maximum absolute atomic E-state index is 12.6. The molecule has 0 saturated carbocycles. The second-order valence-corrected chi connectivity index (χ2v) is 7.42. The fourth-order valence-corrected chi connectivity index (χ4v) is 3.58. The summed E-state index contributed by atoms with van der Waals surface area (Å²) in [4.78, 5) is 28.3. The molecule has 7 nitrogen and oxygen atoms in total. The lowest BCUT2D eigenvalue weighted by molar-refractivity contribution is -0.122. The Morgan fingerprint density at radius 3 is 2.72 bits per heavy atom. The van der Waals surface area contributed by atoms with Gasteiger partial charge >= 0.3 is 6.03 Å². The summed E-state index contributed by atoms with van der Waals surface area (Å²) in [6, 6.07) is 15.5. The van der Waals surface area contributed by atoms with E-state index in [4.69, 9.17) is 9.47 Å². The Bertz CT molecular complexity index is 901. The molecule has 2 heterocycles. The number of nitrogens with one attached hydrogen (secondary N) is 1. The van der Waals surface area contributed by atoms with Gasteiger partial charge in [-0.3, -0.25) is 4.79 Å². The number of para-hydroxylation sites is 2. The zero-order chi connectivity index (χ0) is 20.2. The van der Waals surface area contributed by atoms with Crippen molar-refractivity contribution in [3.05, 3.63) is 59.7 Å². The zero-order valence-corrected chi connectivity index (χ0v) is 16.5. The normalized spacial score (nSPS) is 18.1. The van der Waals surface area contributed by atoms with Crippen LogP contribution < -0.4 is 14.8 Å². The smallest absolute Gasteiger partial charge is 0.320 e. The van der Waals surface area contributed by atoms with Crippen molar-refractivity contribution in [2.75, 3.05) is 32.8 Å². The van der Waals surface area contributed by atoms with Crippen molar-refractivity contribution >= 4 is 11.9 Å². The summed E-state index contributed by atoms with van der Waals surface area (Å²) in [5.41, 5.74) is 2.27. The molecule has 0 spiro atoms. The van der Waals surface area contributed by atoms with Gasteiger partial charge in [0.25, 0.3) is 0 Å². The summed E-state index contributed by atoms with van der Waals surface area (Å²) in [7, 11) is 0. The number of hydrogen-bond donors (Lipinski definition) is 1. The van der Waals surface area contributed by atoms with Crippen molar-refractivity contribution in [1.29, 1.82) is 0 Å². The summed E-state index contributed by atoms with van der Waals surface area (Å²) >= 11 is 0. The minimum atomic E-state index is -0.249. The molecular weight excluding hydrogens is 370 g/mol. The van der Waals surface area contributed by atoms with Crippen molar-refractivity contribution in [3.63, 3.8) is 0 Å². The van der Waals surface area contributed by atoms with Gasteiger partial charge in [0, 0.05) is 19.6 Å². The van der Waals surface area contributed by atoms with Gasteiger partial charge in [-0.25, -0.2) is 4.79 Å². The van der Waals surface area contributed by atoms with Crippen LogP contribution in [0, 0.1) is 6.92 Å². The predicted molar refractivity (Wildman–Crippen MR) is 108 cm³/mol. The molecule has 0 aromatic heterocycles. The molecule has 1 atom stereocenters. The van der Waals surface area contributed by atoms with Crippen LogP contribution in [-0.2, 0) is 11.3 Å². The van der Waals surface area contributed by atoms with Crippen LogP contribution in [-0.4, -0.2) is 60.6 Å². The Morgan fingerprint density at radius 2 is 1.90 bits per heavy atom. The largest absolute Gasteiger partial charge is 0.486 e. The van der Waals surface area contributed by atoms with Crippen molar-refractivity contribution in [1.82, 2.24) is 15.1 Å². The molecule has 2 aromatic rings. The highest BCUT2D eigenvalue weighted by atomic mass is 16.6. The summed E-state index contributed by atoms with van der Waals surface area (Å²) < 4.78 is 11.5. The van der Waals surface area contributed by atoms with Gasteiger partial charge in [0.1, 0.15) is 19.3 Å². The van der Waals surface area contributed by atoms with E-state index in [1.165, 1.54) is 5.56 Å². The number of fused-ring (bicyclic) bond motifs is 1. The summed E-state index contributed by atoms with van der Waals surface area (Å²) in [5.74, 6) is 1.20. The first-order valence-corrected chi connectivity index (χ1v) is 9.83. The first-order chi connectivity index (χ1) is 14.1. The predicted octanol–water partition coefficient (Wildman–Crippen LogP) is 2.19. The quantitative estimate of drug-likeness (QED) is 0.814. The van der Waals surface area contributed by atoms with Crippen molar-refractivity contribution < 1.29 is 19.1 Å². The Hall–Kier alpha value is -3.22. The molecule has 1 fully saturated rings. The Balaban J connectivity index is 1.23. The number of benzene rings is 2.